The molecule has 2 saturated heterocycles. The van der Waals surface area contributed by atoms with E-state index in [4.69, 9.17) is 19.0 Å². The number of ether oxygens (including phenoxy) is 3. The van der Waals surface area contributed by atoms with Crippen molar-refractivity contribution in [2.45, 2.75) is 90.1 Å². The fourth-order valence-electron chi connectivity index (χ4n) is 5.04. The van der Waals surface area contributed by atoms with Crippen LogP contribution in [0.3, 0.4) is 0 Å². The van der Waals surface area contributed by atoms with Gasteiger partial charge >= 0.3 is 6.09 Å². The highest BCUT2D eigenvalue weighted by Gasteiger charge is 2.31. The lowest BCUT2D eigenvalue weighted by atomic mass is 10.1. The molecule has 2 aliphatic rings. The van der Waals surface area contributed by atoms with Crippen LogP contribution in [0.1, 0.15) is 72.1 Å². The van der Waals surface area contributed by atoms with Gasteiger partial charge in [0.05, 0.1) is 5.57 Å². The highest BCUT2D eigenvalue weighted by molar-refractivity contribution is 5.94. The summed E-state index contributed by atoms with van der Waals surface area (Å²) in [7, 11) is 0. The van der Waals surface area contributed by atoms with Crippen LogP contribution in [0, 0.1) is 0 Å². The van der Waals surface area contributed by atoms with Crippen LogP contribution < -0.4 is 15.5 Å². The number of rotatable bonds is 12. The second-order valence-corrected chi connectivity index (χ2v) is 12.1. The Morgan fingerprint density at radius 1 is 1.05 bits per heavy atom. The summed E-state index contributed by atoms with van der Waals surface area (Å²) in [6, 6.07) is 13.6. The van der Waals surface area contributed by atoms with Crippen molar-refractivity contribution in [3.63, 3.8) is 0 Å². The summed E-state index contributed by atoms with van der Waals surface area (Å²) >= 11 is 0. The number of amides is 3. The molecule has 0 radical (unpaired) electrons. The molecule has 10 heteroatoms. The van der Waals surface area contributed by atoms with E-state index in [-0.39, 0.29) is 36.8 Å². The van der Waals surface area contributed by atoms with Gasteiger partial charge in [-0.2, -0.15) is 0 Å². The Bertz CT molecular complexity index is 1260. The molecule has 2 aliphatic heterocycles. The minimum atomic E-state index is -0.579. The second kappa shape index (κ2) is 15.7. The lowest BCUT2D eigenvalue weighted by Gasteiger charge is -2.24. The normalized spacial score (nSPS) is 19.2. The summed E-state index contributed by atoms with van der Waals surface area (Å²) in [5.41, 5.74) is 2.41. The van der Waals surface area contributed by atoms with Gasteiger partial charge in [-0.3, -0.25) is 9.59 Å². The SMILES string of the molecule is CC(C)(C)OC(=O)N1CCC(NC(=O)/C(=C/CCCCC(=O)NOC2CCCCO2)COc2cccc3ccccc23)C1. The maximum absolute atomic E-state index is 13.4. The number of likely N-dealkylation sites (tertiary alicyclic amines) is 1. The zero-order chi connectivity index (χ0) is 30.7. The molecule has 0 saturated carbocycles. The summed E-state index contributed by atoms with van der Waals surface area (Å²) in [5, 5.41) is 5.11. The van der Waals surface area contributed by atoms with Crippen molar-refractivity contribution >= 4 is 28.7 Å². The number of unbranched alkanes of at least 4 members (excludes halogenated alkanes) is 2. The number of nitrogens with one attached hydrogen (secondary N) is 2. The van der Waals surface area contributed by atoms with Crippen molar-refractivity contribution in [2.75, 3.05) is 26.3 Å². The van der Waals surface area contributed by atoms with E-state index in [1.165, 1.54) is 0 Å². The van der Waals surface area contributed by atoms with E-state index in [9.17, 15) is 14.4 Å². The molecule has 3 amide bonds. The molecule has 0 spiro atoms. The smallest absolute Gasteiger partial charge is 0.410 e. The zero-order valence-corrected chi connectivity index (χ0v) is 25.6. The molecular formula is C33H45N3O7. The van der Waals surface area contributed by atoms with Crippen molar-refractivity contribution < 1.29 is 33.4 Å². The van der Waals surface area contributed by atoms with Gasteiger partial charge in [-0.15, -0.1) is 0 Å². The summed E-state index contributed by atoms with van der Waals surface area (Å²) in [4.78, 5) is 45.0. The maximum atomic E-state index is 13.4. The van der Waals surface area contributed by atoms with E-state index in [0.29, 0.717) is 63.1 Å². The average Bonchev–Trinajstić information content (AvgIpc) is 3.46. The van der Waals surface area contributed by atoms with Crippen LogP contribution >= 0.6 is 0 Å². The van der Waals surface area contributed by atoms with Crippen molar-refractivity contribution in [2.24, 2.45) is 0 Å². The molecule has 2 unspecified atom stereocenters. The molecule has 2 aromatic rings. The minimum absolute atomic E-state index is 0.0953. The lowest BCUT2D eigenvalue weighted by Crippen LogP contribution is -2.41. The Kier molecular flexibility index (Phi) is 11.8. The van der Waals surface area contributed by atoms with Gasteiger partial charge in [0.25, 0.3) is 5.91 Å². The minimum Gasteiger partial charge on any atom is -0.488 e. The first-order valence-electron chi connectivity index (χ1n) is 15.3. The lowest BCUT2D eigenvalue weighted by molar-refractivity contribution is -0.200. The fraction of sp³-hybridized carbons (Fsp3) is 0.545. The van der Waals surface area contributed by atoms with Gasteiger partial charge in [0.2, 0.25) is 5.91 Å². The van der Waals surface area contributed by atoms with Crippen molar-refractivity contribution in [1.82, 2.24) is 15.7 Å². The Balaban J connectivity index is 1.31. The molecule has 0 aliphatic carbocycles. The number of hydroxylamine groups is 1. The highest BCUT2D eigenvalue weighted by atomic mass is 16.8. The van der Waals surface area contributed by atoms with Gasteiger partial charge in [-0.1, -0.05) is 42.5 Å². The first-order chi connectivity index (χ1) is 20.7. The maximum Gasteiger partial charge on any atom is 0.410 e. The van der Waals surface area contributed by atoms with Crippen molar-refractivity contribution in [3.05, 3.63) is 54.1 Å². The summed E-state index contributed by atoms with van der Waals surface area (Å²) in [6.45, 7) is 7.15. The third-order valence-corrected chi connectivity index (χ3v) is 7.29. The number of benzene rings is 2. The van der Waals surface area contributed by atoms with Gasteiger partial charge in [0.15, 0.2) is 6.29 Å². The van der Waals surface area contributed by atoms with Gasteiger partial charge in [-0.25, -0.2) is 15.1 Å². The molecular weight excluding hydrogens is 550 g/mol. The topological polar surface area (TPSA) is 115 Å². The van der Waals surface area contributed by atoms with E-state index in [1.54, 1.807) is 4.90 Å². The van der Waals surface area contributed by atoms with E-state index < -0.39 is 5.60 Å². The Labute approximate surface area is 254 Å². The van der Waals surface area contributed by atoms with Crippen molar-refractivity contribution in [3.8, 4) is 5.75 Å². The number of fused-ring (bicyclic) bond motifs is 1. The summed E-state index contributed by atoms with van der Waals surface area (Å²) in [6.07, 6.45) is 6.87. The number of hydrogen-bond acceptors (Lipinski definition) is 7. The largest absolute Gasteiger partial charge is 0.488 e. The number of hydrogen-bond donors (Lipinski definition) is 2. The molecule has 10 nitrogen and oxygen atoms in total. The first kappa shape index (κ1) is 32.3. The fourth-order valence-corrected chi connectivity index (χ4v) is 5.04. The molecule has 0 aromatic heterocycles. The molecule has 2 atom stereocenters. The molecule has 4 rings (SSSR count). The van der Waals surface area contributed by atoms with Crippen LogP contribution in [0.15, 0.2) is 54.1 Å². The van der Waals surface area contributed by atoms with E-state index in [2.05, 4.69) is 10.8 Å². The van der Waals surface area contributed by atoms with Gasteiger partial charge in [-0.05, 0) is 70.7 Å². The monoisotopic (exact) mass is 595 g/mol. The Hall–Kier alpha value is -3.63. The standard InChI is InChI=1S/C33H45N3O7/c1-33(2,3)42-32(39)36-20-19-26(22-36)34-31(38)25(23-41-28-16-11-14-24-12-7-8-15-27(24)28)13-5-4-6-17-29(37)35-43-30-18-9-10-21-40-30/h7-8,11-16,26,30H,4-6,9-10,17-23H2,1-3H3,(H,34,38)(H,35,37)/b25-13+. The number of carbonyl (C=O) groups excluding carboxylic acids is 3. The second-order valence-electron chi connectivity index (χ2n) is 12.1. The average molecular weight is 596 g/mol. The number of carbonyl (C=O) groups is 3. The molecule has 2 N–H and O–H groups in total. The molecule has 2 aromatic carbocycles. The van der Waals surface area contributed by atoms with Gasteiger partial charge in [0.1, 0.15) is 18.0 Å². The van der Waals surface area contributed by atoms with Crippen LogP contribution in [0.4, 0.5) is 4.79 Å². The molecule has 0 bridgehead atoms. The number of nitrogens with zero attached hydrogens (tertiary/aromatic N) is 1. The van der Waals surface area contributed by atoms with Crippen LogP contribution in [0.25, 0.3) is 10.8 Å². The van der Waals surface area contributed by atoms with Gasteiger partial charge < -0.3 is 24.4 Å². The Morgan fingerprint density at radius 3 is 2.65 bits per heavy atom. The predicted octanol–water partition coefficient (Wildman–Crippen LogP) is 5.41. The summed E-state index contributed by atoms with van der Waals surface area (Å²) < 4.78 is 17.1. The Morgan fingerprint density at radius 2 is 1.86 bits per heavy atom. The van der Waals surface area contributed by atoms with Crippen LogP contribution in [0.5, 0.6) is 5.75 Å². The highest BCUT2D eigenvalue weighted by Crippen LogP contribution is 2.26. The first-order valence-corrected chi connectivity index (χ1v) is 15.3. The zero-order valence-electron chi connectivity index (χ0n) is 25.6. The summed E-state index contributed by atoms with van der Waals surface area (Å²) in [5.74, 6) is 0.286. The van der Waals surface area contributed by atoms with Gasteiger partial charge in [0, 0.05) is 44.0 Å². The predicted molar refractivity (Wildman–Crippen MR) is 163 cm³/mol. The van der Waals surface area contributed by atoms with E-state index >= 15 is 0 Å². The van der Waals surface area contributed by atoms with Crippen LogP contribution in [-0.2, 0) is 23.9 Å². The molecule has 234 valence electrons. The molecule has 43 heavy (non-hydrogen) atoms. The molecule has 2 heterocycles. The van der Waals surface area contributed by atoms with Crippen LogP contribution in [-0.4, -0.2) is 67.0 Å². The quantitative estimate of drug-likeness (QED) is 0.192. The molecule has 2 fully saturated rings. The van der Waals surface area contributed by atoms with Crippen LogP contribution in [0.2, 0.25) is 0 Å². The van der Waals surface area contributed by atoms with Crippen molar-refractivity contribution in [1.29, 1.82) is 0 Å². The van der Waals surface area contributed by atoms with E-state index in [0.717, 1.165) is 30.0 Å². The number of allylic oxidation sites excluding steroid dienone is 1. The third-order valence-electron chi connectivity index (χ3n) is 7.29. The third kappa shape index (κ3) is 10.5. The van der Waals surface area contributed by atoms with E-state index in [1.807, 2.05) is 69.3 Å².